The molecule has 2 atom stereocenters. The number of morpholine rings is 1. The molecular weight excluding hydrogens is 276 g/mol. The molecule has 0 bridgehead atoms. The smallest absolute Gasteiger partial charge is 0.239 e. The van der Waals surface area contributed by atoms with Crippen molar-refractivity contribution < 1.29 is 9.53 Å². The monoisotopic (exact) mass is 294 g/mol. The summed E-state index contributed by atoms with van der Waals surface area (Å²) in [5.41, 5.74) is 0.964. The van der Waals surface area contributed by atoms with E-state index in [1.807, 2.05) is 29.2 Å². The van der Waals surface area contributed by atoms with Crippen LogP contribution in [0, 0.1) is 0 Å². The van der Waals surface area contributed by atoms with Gasteiger partial charge < -0.3 is 15.0 Å². The van der Waals surface area contributed by atoms with Gasteiger partial charge in [0.1, 0.15) is 6.10 Å². The molecule has 5 heteroatoms. The maximum atomic E-state index is 12.4. The molecule has 2 saturated heterocycles. The Balaban J connectivity index is 1.70. The number of hydrogen-bond acceptors (Lipinski definition) is 3. The first-order chi connectivity index (χ1) is 9.75. The third-order valence-electron chi connectivity index (χ3n) is 3.99. The minimum atomic E-state index is -0.122. The summed E-state index contributed by atoms with van der Waals surface area (Å²) in [4.78, 5) is 14.3. The highest BCUT2D eigenvalue weighted by molar-refractivity contribution is 6.31. The molecule has 1 N–H and O–H groups in total. The lowest BCUT2D eigenvalue weighted by Crippen LogP contribution is -2.49. The third kappa shape index (κ3) is 2.82. The SMILES string of the molecule is O=C([C@H]1CCCN1)N1CCO[C@H](c2ccccc2Cl)C1. The number of amides is 1. The molecule has 2 fully saturated rings. The summed E-state index contributed by atoms with van der Waals surface area (Å²) in [5, 5.41) is 3.96. The molecule has 1 aromatic rings. The normalized spacial score (nSPS) is 26.8. The van der Waals surface area contributed by atoms with E-state index in [1.165, 1.54) is 0 Å². The van der Waals surface area contributed by atoms with Crippen molar-refractivity contribution >= 4 is 17.5 Å². The first-order valence-electron chi connectivity index (χ1n) is 7.14. The van der Waals surface area contributed by atoms with Crippen molar-refractivity contribution in [2.24, 2.45) is 0 Å². The average molecular weight is 295 g/mol. The first-order valence-corrected chi connectivity index (χ1v) is 7.51. The molecule has 3 rings (SSSR count). The van der Waals surface area contributed by atoms with Crippen molar-refractivity contribution in [2.75, 3.05) is 26.2 Å². The molecule has 2 aliphatic heterocycles. The van der Waals surface area contributed by atoms with Crippen LogP contribution < -0.4 is 5.32 Å². The molecule has 0 radical (unpaired) electrons. The van der Waals surface area contributed by atoms with Crippen LogP contribution in [0.1, 0.15) is 24.5 Å². The standard InChI is InChI=1S/C15H19ClN2O2/c16-12-5-2-1-4-11(12)14-10-18(8-9-20-14)15(19)13-6-3-7-17-13/h1-2,4-5,13-14,17H,3,6-10H2/t13-,14+/m1/s1. The van der Waals surface area contributed by atoms with Gasteiger partial charge in [-0.05, 0) is 25.5 Å². The van der Waals surface area contributed by atoms with Crippen LogP contribution in [0.3, 0.4) is 0 Å². The van der Waals surface area contributed by atoms with E-state index >= 15 is 0 Å². The Morgan fingerprint density at radius 3 is 3.00 bits per heavy atom. The van der Waals surface area contributed by atoms with Crippen molar-refractivity contribution in [1.29, 1.82) is 0 Å². The van der Waals surface area contributed by atoms with Crippen LogP contribution in [0.4, 0.5) is 0 Å². The lowest BCUT2D eigenvalue weighted by molar-refractivity contribution is -0.140. The summed E-state index contributed by atoms with van der Waals surface area (Å²) in [6, 6.07) is 7.66. The molecule has 108 valence electrons. The quantitative estimate of drug-likeness (QED) is 0.907. The van der Waals surface area contributed by atoms with E-state index in [0.29, 0.717) is 24.7 Å². The predicted molar refractivity (Wildman–Crippen MR) is 77.7 cm³/mol. The van der Waals surface area contributed by atoms with Gasteiger partial charge in [0.15, 0.2) is 0 Å². The second kappa shape index (κ2) is 6.12. The zero-order chi connectivity index (χ0) is 13.9. The molecule has 1 aromatic carbocycles. The molecular formula is C15H19ClN2O2. The van der Waals surface area contributed by atoms with Gasteiger partial charge in [0, 0.05) is 17.1 Å². The van der Waals surface area contributed by atoms with Gasteiger partial charge in [-0.25, -0.2) is 0 Å². The third-order valence-corrected chi connectivity index (χ3v) is 4.33. The van der Waals surface area contributed by atoms with Gasteiger partial charge in [0.05, 0.1) is 19.2 Å². The van der Waals surface area contributed by atoms with Gasteiger partial charge in [-0.3, -0.25) is 4.79 Å². The van der Waals surface area contributed by atoms with Crippen LogP contribution >= 0.6 is 11.6 Å². The van der Waals surface area contributed by atoms with Crippen LogP contribution in [0.2, 0.25) is 5.02 Å². The number of nitrogens with zero attached hydrogens (tertiary/aromatic N) is 1. The van der Waals surface area contributed by atoms with Gasteiger partial charge in [0.2, 0.25) is 5.91 Å². The van der Waals surface area contributed by atoms with Crippen LogP contribution in [0.5, 0.6) is 0 Å². The van der Waals surface area contributed by atoms with Crippen LogP contribution in [0.15, 0.2) is 24.3 Å². The van der Waals surface area contributed by atoms with Gasteiger partial charge in [-0.1, -0.05) is 29.8 Å². The molecule has 2 heterocycles. The molecule has 4 nitrogen and oxygen atoms in total. The minimum absolute atomic E-state index is 0.0139. The maximum absolute atomic E-state index is 12.4. The average Bonchev–Trinajstić information content (AvgIpc) is 3.01. The molecule has 0 spiro atoms. The second-order valence-electron chi connectivity index (χ2n) is 5.31. The van der Waals surface area contributed by atoms with E-state index in [9.17, 15) is 4.79 Å². The molecule has 20 heavy (non-hydrogen) atoms. The fourth-order valence-electron chi connectivity index (χ4n) is 2.89. The number of nitrogens with one attached hydrogen (secondary N) is 1. The van der Waals surface area contributed by atoms with Gasteiger partial charge >= 0.3 is 0 Å². The summed E-state index contributed by atoms with van der Waals surface area (Å²) >= 11 is 6.22. The maximum Gasteiger partial charge on any atom is 0.239 e. The van der Waals surface area contributed by atoms with E-state index in [4.69, 9.17) is 16.3 Å². The fourth-order valence-corrected chi connectivity index (χ4v) is 3.15. The Kier molecular flexibility index (Phi) is 4.24. The number of ether oxygens (including phenoxy) is 1. The molecule has 0 saturated carbocycles. The largest absolute Gasteiger partial charge is 0.370 e. The number of hydrogen-bond donors (Lipinski definition) is 1. The molecule has 0 aliphatic carbocycles. The number of benzene rings is 1. The Bertz CT molecular complexity index is 489. The topological polar surface area (TPSA) is 41.6 Å². The second-order valence-corrected chi connectivity index (χ2v) is 5.72. The highest BCUT2D eigenvalue weighted by Gasteiger charge is 2.31. The van der Waals surface area contributed by atoms with E-state index in [1.54, 1.807) is 0 Å². The number of carbonyl (C=O) groups excluding carboxylic acids is 1. The van der Waals surface area contributed by atoms with Crippen molar-refractivity contribution in [3.05, 3.63) is 34.9 Å². The Labute approximate surface area is 124 Å². The van der Waals surface area contributed by atoms with Gasteiger partial charge in [-0.15, -0.1) is 0 Å². The number of carbonyl (C=O) groups is 1. The summed E-state index contributed by atoms with van der Waals surface area (Å²) < 4.78 is 5.79. The van der Waals surface area contributed by atoms with E-state index in [2.05, 4.69) is 5.32 Å². The minimum Gasteiger partial charge on any atom is -0.370 e. The van der Waals surface area contributed by atoms with Crippen molar-refractivity contribution in [3.8, 4) is 0 Å². The molecule has 0 unspecified atom stereocenters. The Morgan fingerprint density at radius 2 is 2.25 bits per heavy atom. The van der Waals surface area contributed by atoms with E-state index in [0.717, 1.165) is 24.9 Å². The van der Waals surface area contributed by atoms with E-state index in [-0.39, 0.29) is 18.1 Å². The first kappa shape index (κ1) is 13.9. The van der Waals surface area contributed by atoms with Crippen LogP contribution in [-0.2, 0) is 9.53 Å². The molecule has 0 aromatic heterocycles. The summed E-state index contributed by atoms with van der Waals surface area (Å²) in [6.45, 7) is 2.75. The highest BCUT2D eigenvalue weighted by Crippen LogP contribution is 2.28. The van der Waals surface area contributed by atoms with Crippen molar-refractivity contribution in [2.45, 2.75) is 25.0 Å². The lowest BCUT2D eigenvalue weighted by atomic mass is 10.1. The van der Waals surface area contributed by atoms with E-state index < -0.39 is 0 Å². The zero-order valence-corrected chi connectivity index (χ0v) is 12.1. The summed E-state index contributed by atoms with van der Waals surface area (Å²) in [6.07, 6.45) is 1.89. The lowest BCUT2D eigenvalue weighted by Gasteiger charge is -2.35. The highest BCUT2D eigenvalue weighted by atomic mass is 35.5. The molecule has 2 aliphatic rings. The van der Waals surface area contributed by atoms with Crippen LogP contribution in [-0.4, -0.2) is 43.1 Å². The zero-order valence-electron chi connectivity index (χ0n) is 11.3. The predicted octanol–water partition coefficient (Wildman–Crippen LogP) is 1.99. The Hall–Kier alpha value is -1.10. The number of rotatable bonds is 2. The molecule has 1 amide bonds. The van der Waals surface area contributed by atoms with Crippen LogP contribution in [0.25, 0.3) is 0 Å². The summed E-state index contributed by atoms with van der Waals surface area (Å²) in [5.74, 6) is 0.197. The fraction of sp³-hybridized carbons (Fsp3) is 0.533. The number of halogens is 1. The van der Waals surface area contributed by atoms with Gasteiger partial charge in [-0.2, -0.15) is 0 Å². The van der Waals surface area contributed by atoms with Crippen molar-refractivity contribution in [1.82, 2.24) is 10.2 Å². The van der Waals surface area contributed by atoms with Gasteiger partial charge in [0.25, 0.3) is 0 Å². The van der Waals surface area contributed by atoms with Crippen molar-refractivity contribution in [3.63, 3.8) is 0 Å². The Morgan fingerprint density at radius 1 is 1.40 bits per heavy atom. The summed E-state index contributed by atoms with van der Waals surface area (Å²) in [7, 11) is 0.